The Bertz CT molecular complexity index is 517. The van der Waals surface area contributed by atoms with Crippen molar-refractivity contribution in [3.05, 3.63) is 17.3 Å². The molecule has 142 valence electrons. The van der Waals surface area contributed by atoms with E-state index in [0.717, 1.165) is 69.5 Å². The lowest BCUT2D eigenvalue weighted by Gasteiger charge is -2.34. The summed E-state index contributed by atoms with van der Waals surface area (Å²) in [5, 5.41) is 3.37. The quantitative estimate of drug-likeness (QED) is 0.440. The molecule has 0 radical (unpaired) electrons. The number of likely N-dealkylation sites (tertiary alicyclic amines) is 1. The highest BCUT2D eigenvalue weighted by molar-refractivity contribution is 5.80. The van der Waals surface area contributed by atoms with E-state index in [9.17, 15) is 0 Å². The van der Waals surface area contributed by atoms with Crippen LogP contribution in [0.3, 0.4) is 0 Å². The Morgan fingerprint density at radius 3 is 2.68 bits per heavy atom. The minimum absolute atomic E-state index is 0.341. The zero-order chi connectivity index (χ0) is 18.1. The molecule has 1 N–H and O–H groups in total. The molecule has 2 heterocycles. The van der Waals surface area contributed by atoms with Gasteiger partial charge in [0.15, 0.2) is 5.96 Å². The molecule has 7 heteroatoms. The molecule has 1 fully saturated rings. The van der Waals surface area contributed by atoms with Gasteiger partial charge in [0, 0.05) is 40.0 Å². The van der Waals surface area contributed by atoms with E-state index < -0.39 is 0 Å². The fourth-order valence-corrected chi connectivity index (χ4v) is 2.86. The van der Waals surface area contributed by atoms with Crippen LogP contribution in [0.25, 0.3) is 0 Å². The maximum Gasteiger partial charge on any atom is 0.216 e. The first kappa shape index (κ1) is 19.7. The van der Waals surface area contributed by atoms with Gasteiger partial charge in [-0.3, -0.25) is 0 Å². The SMILES string of the molecule is CCNC(=NCc1nc(C)c(C)o1)N1CCC(OCCCOC)CC1. The lowest BCUT2D eigenvalue weighted by molar-refractivity contribution is 0.00989. The van der Waals surface area contributed by atoms with Crippen LogP contribution in [-0.4, -0.2) is 61.9 Å². The summed E-state index contributed by atoms with van der Waals surface area (Å²) in [4.78, 5) is 11.4. The third-order valence-electron chi connectivity index (χ3n) is 4.36. The van der Waals surface area contributed by atoms with Crippen molar-refractivity contribution in [2.24, 2.45) is 4.99 Å². The van der Waals surface area contributed by atoms with Crippen LogP contribution in [0, 0.1) is 13.8 Å². The summed E-state index contributed by atoms with van der Waals surface area (Å²) >= 11 is 0. The van der Waals surface area contributed by atoms with Gasteiger partial charge in [0.25, 0.3) is 0 Å². The summed E-state index contributed by atoms with van der Waals surface area (Å²) in [5.74, 6) is 2.46. The van der Waals surface area contributed by atoms with Crippen molar-refractivity contribution in [2.45, 2.75) is 52.7 Å². The average Bonchev–Trinajstić information content (AvgIpc) is 2.94. The van der Waals surface area contributed by atoms with E-state index in [4.69, 9.17) is 18.9 Å². The van der Waals surface area contributed by atoms with Gasteiger partial charge in [-0.1, -0.05) is 0 Å². The Morgan fingerprint density at radius 1 is 1.32 bits per heavy atom. The second-order valence-corrected chi connectivity index (χ2v) is 6.32. The van der Waals surface area contributed by atoms with Crippen LogP contribution in [0.1, 0.15) is 43.5 Å². The first-order valence-electron chi connectivity index (χ1n) is 9.20. The Kier molecular flexibility index (Phi) is 8.21. The molecule has 7 nitrogen and oxygen atoms in total. The summed E-state index contributed by atoms with van der Waals surface area (Å²) in [7, 11) is 1.72. The van der Waals surface area contributed by atoms with Gasteiger partial charge < -0.3 is 24.1 Å². The van der Waals surface area contributed by atoms with Crippen LogP contribution in [-0.2, 0) is 16.0 Å². The molecule has 1 aliphatic rings. The molecule has 0 aliphatic carbocycles. The molecular weight excluding hydrogens is 320 g/mol. The van der Waals surface area contributed by atoms with Crippen molar-refractivity contribution in [3.8, 4) is 0 Å². The van der Waals surface area contributed by atoms with Crippen LogP contribution < -0.4 is 5.32 Å². The van der Waals surface area contributed by atoms with E-state index in [2.05, 4.69) is 22.1 Å². The van der Waals surface area contributed by atoms with Gasteiger partial charge in [-0.05, 0) is 40.0 Å². The summed E-state index contributed by atoms with van der Waals surface area (Å²) in [6.07, 6.45) is 3.34. The summed E-state index contributed by atoms with van der Waals surface area (Å²) in [6.45, 7) is 10.7. The second kappa shape index (κ2) is 10.4. The molecule has 2 rings (SSSR count). The van der Waals surface area contributed by atoms with Gasteiger partial charge in [0.2, 0.25) is 5.89 Å². The van der Waals surface area contributed by atoms with Crippen LogP contribution in [0.2, 0.25) is 0 Å². The first-order chi connectivity index (χ1) is 12.1. The maximum atomic E-state index is 5.93. The van der Waals surface area contributed by atoms with E-state index in [-0.39, 0.29) is 0 Å². The number of aromatic nitrogens is 1. The van der Waals surface area contributed by atoms with Crippen molar-refractivity contribution in [1.82, 2.24) is 15.2 Å². The smallest absolute Gasteiger partial charge is 0.216 e. The van der Waals surface area contributed by atoms with Crippen LogP contribution >= 0.6 is 0 Å². The number of nitrogens with zero attached hydrogens (tertiary/aromatic N) is 3. The minimum atomic E-state index is 0.341. The fraction of sp³-hybridized carbons (Fsp3) is 0.778. The number of piperidine rings is 1. The molecule has 1 aromatic heterocycles. The van der Waals surface area contributed by atoms with Gasteiger partial charge >= 0.3 is 0 Å². The molecule has 1 saturated heterocycles. The number of hydrogen-bond donors (Lipinski definition) is 1. The van der Waals surface area contributed by atoms with Crippen molar-refractivity contribution in [3.63, 3.8) is 0 Å². The highest BCUT2D eigenvalue weighted by Gasteiger charge is 2.22. The summed E-state index contributed by atoms with van der Waals surface area (Å²) < 4.78 is 16.6. The second-order valence-electron chi connectivity index (χ2n) is 6.32. The molecule has 1 aromatic rings. The number of hydrogen-bond acceptors (Lipinski definition) is 5. The fourth-order valence-electron chi connectivity index (χ4n) is 2.86. The van der Waals surface area contributed by atoms with Gasteiger partial charge in [-0.2, -0.15) is 0 Å². The van der Waals surface area contributed by atoms with Crippen LogP contribution in [0.5, 0.6) is 0 Å². The van der Waals surface area contributed by atoms with Gasteiger partial charge in [-0.15, -0.1) is 0 Å². The monoisotopic (exact) mass is 352 g/mol. The average molecular weight is 352 g/mol. The van der Waals surface area contributed by atoms with Crippen molar-refractivity contribution in [2.75, 3.05) is 40.0 Å². The summed E-state index contributed by atoms with van der Waals surface area (Å²) in [5.41, 5.74) is 0.932. The third-order valence-corrected chi connectivity index (χ3v) is 4.36. The molecule has 0 amide bonds. The summed E-state index contributed by atoms with van der Waals surface area (Å²) in [6, 6.07) is 0. The van der Waals surface area contributed by atoms with Crippen LogP contribution in [0.4, 0.5) is 0 Å². The van der Waals surface area contributed by atoms with E-state index in [0.29, 0.717) is 18.5 Å². The molecule has 0 bridgehead atoms. The predicted molar refractivity (Wildman–Crippen MR) is 97.8 cm³/mol. The number of aliphatic imine (C=N–C) groups is 1. The number of nitrogens with one attached hydrogen (secondary N) is 1. The zero-order valence-corrected chi connectivity index (χ0v) is 16.0. The Labute approximate surface area is 150 Å². The van der Waals surface area contributed by atoms with Gasteiger partial charge in [0.05, 0.1) is 11.8 Å². The van der Waals surface area contributed by atoms with E-state index in [1.165, 1.54) is 0 Å². The maximum absolute atomic E-state index is 5.93. The minimum Gasteiger partial charge on any atom is -0.444 e. The first-order valence-corrected chi connectivity index (χ1v) is 9.20. The van der Waals surface area contributed by atoms with Crippen molar-refractivity contribution < 1.29 is 13.9 Å². The Morgan fingerprint density at radius 2 is 2.08 bits per heavy atom. The lowest BCUT2D eigenvalue weighted by Crippen LogP contribution is -2.47. The topological polar surface area (TPSA) is 72.1 Å². The van der Waals surface area contributed by atoms with E-state index in [1.54, 1.807) is 7.11 Å². The number of oxazole rings is 1. The van der Waals surface area contributed by atoms with Gasteiger partial charge in [0.1, 0.15) is 12.3 Å². The van der Waals surface area contributed by atoms with E-state index >= 15 is 0 Å². The Balaban J connectivity index is 1.83. The van der Waals surface area contributed by atoms with Crippen molar-refractivity contribution >= 4 is 5.96 Å². The number of methoxy groups -OCH3 is 1. The molecule has 0 atom stereocenters. The van der Waals surface area contributed by atoms with E-state index in [1.807, 2.05) is 13.8 Å². The number of ether oxygens (including phenoxy) is 2. The highest BCUT2D eigenvalue weighted by Crippen LogP contribution is 2.15. The third kappa shape index (κ3) is 6.32. The zero-order valence-electron chi connectivity index (χ0n) is 16.0. The standard InChI is InChI=1S/C18H32N4O3/c1-5-19-18(20-13-17-21-14(2)15(3)25-17)22-9-7-16(8-10-22)24-12-6-11-23-4/h16H,5-13H2,1-4H3,(H,19,20). The Hall–Kier alpha value is -1.60. The van der Waals surface area contributed by atoms with Crippen molar-refractivity contribution in [1.29, 1.82) is 0 Å². The molecule has 0 aromatic carbocycles. The normalized spacial score (nSPS) is 16.5. The molecule has 0 unspecified atom stereocenters. The molecule has 1 aliphatic heterocycles. The predicted octanol–water partition coefficient (Wildman–Crippen LogP) is 2.27. The molecule has 0 spiro atoms. The van der Waals surface area contributed by atoms with Crippen LogP contribution in [0.15, 0.2) is 9.41 Å². The molecular formula is C18H32N4O3. The molecule has 25 heavy (non-hydrogen) atoms. The lowest BCUT2D eigenvalue weighted by atomic mass is 10.1. The highest BCUT2D eigenvalue weighted by atomic mass is 16.5. The number of aryl methyl sites for hydroxylation is 2. The number of guanidine groups is 1. The molecule has 0 saturated carbocycles. The van der Waals surface area contributed by atoms with Gasteiger partial charge in [-0.25, -0.2) is 9.98 Å². The number of rotatable bonds is 8. The largest absolute Gasteiger partial charge is 0.444 e.